The average Bonchev–Trinajstić information content (AvgIpc) is 2.83. The van der Waals surface area contributed by atoms with Gasteiger partial charge in [0.25, 0.3) is 5.91 Å². The van der Waals surface area contributed by atoms with E-state index < -0.39 is 5.82 Å². The first kappa shape index (κ1) is 13.3. The quantitative estimate of drug-likeness (QED) is 0.895. The summed E-state index contributed by atoms with van der Waals surface area (Å²) in [6, 6.07) is 12.6. The minimum Gasteiger partial charge on any atom is -0.349 e. The van der Waals surface area contributed by atoms with Gasteiger partial charge in [0.2, 0.25) is 0 Å². The Kier molecular flexibility index (Phi) is 3.57. The van der Waals surface area contributed by atoms with Crippen LogP contribution in [0.5, 0.6) is 0 Å². The Bertz CT molecular complexity index is 646. The van der Waals surface area contributed by atoms with Crippen molar-refractivity contribution in [3.63, 3.8) is 0 Å². The largest absolute Gasteiger partial charge is 0.349 e. The maximum atomic E-state index is 13.7. The summed E-state index contributed by atoms with van der Waals surface area (Å²) in [5.74, 6) is -0.859. The zero-order valence-electron chi connectivity index (χ0n) is 10.7. The van der Waals surface area contributed by atoms with Crippen LogP contribution < -0.4 is 5.32 Å². The van der Waals surface area contributed by atoms with Gasteiger partial charge in [-0.15, -0.1) is 0 Å². The number of halogens is 2. The van der Waals surface area contributed by atoms with E-state index in [0.29, 0.717) is 4.47 Å². The lowest BCUT2D eigenvalue weighted by atomic mass is 10.1. The molecule has 0 fully saturated rings. The SMILES string of the molecule is O=C(NC1Cc2ccccc2C1)c1cc(Br)ccc1F. The van der Waals surface area contributed by atoms with Gasteiger partial charge in [0.1, 0.15) is 5.82 Å². The topological polar surface area (TPSA) is 29.1 Å². The Balaban J connectivity index is 1.74. The fraction of sp³-hybridized carbons (Fsp3) is 0.188. The van der Waals surface area contributed by atoms with Crippen LogP contribution in [0.4, 0.5) is 4.39 Å². The fourth-order valence-electron chi connectivity index (χ4n) is 2.60. The van der Waals surface area contributed by atoms with Crippen molar-refractivity contribution in [2.24, 2.45) is 0 Å². The van der Waals surface area contributed by atoms with Gasteiger partial charge >= 0.3 is 0 Å². The van der Waals surface area contributed by atoms with E-state index in [4.69, 9.17) is 0 Å². The van der Waals surface area contributed by atoms with E-state index in [0.717, 1.165) is 12.8 Å². The number of fused-ring (bicyclic) bond motifs is 1. The van der Waals surface area contributed by atoms with Crippen molar-refractivity contribution in [1.29, 1.82) is 0 Å². The molecule has 2 aromatic rings. The van der Waals surface area contributed by atoms with Gasteiger partial charge in [-0.25, -0.2) is 4.39 Å². The van der Waals surface area contributed by atoms with Gasteiger partial charge in [-0.1, -0.05) is 40.2 Å². The Morgan fingerprint density at radius 3 is 2.45 bits per heavy atom. The highest BCUT2D eigenvalue weighted by Crippen LogP contribution is 2.22. The highest BCUT2D eigenvalue weighted by Gasteiger charge is 2.23. The molecule has 0 radical (unpaired) electrons. The number of nitrogens with one attached hydrogen (secondary N) is 1. The van der Waals surface area contributed by atoms with Crippen LogP contribution in [0.1, 0.15) is 21.5 Å². The predicted molar refractivity (Wildman–Crippen MR) is 79.2 cm³/mol. The highest BCUT2D eigenvalue weighted by atomic mass is 79.9. The van der Waals surface area contributed by atoms with Gasteiger partial charge in [0.05, 0.1) is 5.56 Å². The van der Waals surface area contributed by atoms with Gasteiger partial charge in [-0.2, -0.15) is 0 Å². The summed E-state index contributed by atoms with van der Waals surface area (Å²) >= 11 is 3.25. The minimum absolute atomic E-state index is 0.0401. The molecule has 1 N–H and O–H groups in total. The zero-order chi connectivity index (χ0) is 14.1. The number of benzene rings is 2. The van der Waals surface area contributed by atoms with Gasteiger partial charge in [-0.05, 0) is 42.2 Å². The molecule has 0 unspecified atom stereocenters. The van der Waals surface area contributed by atoms with E-state index in [2.05, 4.69) is 33.4 Å². The molecule has 0 spiro atoms. The first-order chi connectivity index (χ1) is 9.63. The molecule has 2 nitrogen and oxygen atoms in total. The lowest BCUT2D eigenvalue weighted by Gasteiger charge is -2.12. The van der Waals surface area contributed by atoms with Crippen molar-refractivity contribution < 1.29 is 9.18 Å². The van der Waals surface area contributed by atoms with Crippen LogP contribution in [0.2, 0.25) is 0 Å². The molecule has 0 aliphatic heterocycles. The van der Waals surface area contributed by atoms with Crippen molar-refractivity contribution in [2.45, 2.75) is 18.9 Å². The number of amides is 1. The van der Waals surface area contributed by atoms with Crippen molar-refractivity contribution in [2.75, 3.05) is 0 Å². The highest BCUT2D eigenvalue weighted by molar-refractivity contribution is 9.10. The molecule has 20 heavy (non-hydrogen) atoms. The van der Waals surface area contributed by atoms with Crippen LogP contribution >= 0.6 is 15.9 Å². The Morgan fingerprint density at radius 2 is 1.80 bits per heavy atom. The van der Waals surface area contributed by atoms with E-state index >= 15 is 0 Å². The second kappa shape index (κ2) is 5.37. The van der Waals surface area contributed by atoms with E-state index in [-0.39, 0.29) is 17.5 Å². The third-order valence-electron chi connectivity index (χ3n) is 3.56. The van der Waals surface area contributed by atoms with Crippen LogP contribution in [-0.2, 0) is 12.8 Å². The van der Waals surface area contributed by atoms with Crippen LogP contribution in [0.25, 0.3) is 0 Å². The maximum Gasteiger partial charge on any atom is 0.254 e. The fourth-order valence-corrected chi connectivity index (χ4v) is 2.96. The smallest absolute Gasteiger partial charge is 0.254 e. The van der Waals surface area contributed by atoms with Crippen molar-refractivity contribution in [3.8, 4) is 0 Å². The summed E-state index contributed by atoms with van der Waals surface area (Å²) in [5.41, 5.74) is 2.59. The Labute approximate surface area is 125 Å². The van der Waals surface area contributed by atoms with Crippen LogP contribution in [0, 0.1) is 5.82 Å². The molecule has 4 heteroatoms. The number of hydrogen-bond donors (Lipinski definition) is 1. The van der Waals surface area contributed by atoms with Crippen molar-refractivity contribution >= 4 is 21.8 Å². The molecule has 1 aliphatic carbocycles. The van der Waals surface area contributed by atoms with Gasteiger partial charge in [0.15, 0.2) is 0 Å². The molecule has 0 saturated carbocycles. The zero-order valence-corrected chi connectivity index (χ0v) is 12.3. The van der Waals surface area contributed by atoms with Crippen LogP contribution in [0.15, 0.2) is 46.9 Å². The van der Waals surface area contributed by atoms with E-state index in [1.54, 1.807) is 6.07 Å². The number of rotatable bonds is 2. The molecular formula is C16H13BrFNO. The summed E-state index contributed by atoms with van der Waals surface area (Å²) in [5, 5.41) is 2.91. The third kappa shape index (κ3) is 2.61. The second-order valence-corrected chi connectivity index (χ2v) is 5.89. The molecule has 2 aromatic carbocycles. The monoisotopic (exact) mass is 333 g/mol. The van der Waals surface area contributed by atoms with Crippen molar-refractivity contribution in [1.82, 2.24) is 5.32 Å². The number of carbonyl (C=O) groups excluding carboxylic acids is 1. The van der Waals surface area contributed by atoms with Crippen LogP contribution in [0.3, 0.4) is 0 Å². The average molecular weight is 334 g/mol. The second-order valence-electron chi connectivity index (χ2n) is 4.97. The summed E-state index contributed by atoms with van der Waals surface area (Å²) in [4.78, 5) is 12.2. The number of carbonyl (C=O) groups is 1. The molecule has 0 heterocycles. The minimum atomic E-state index is -0.499. The molecule has 0 bridgehead atoms. The molecule has 1 aliphatic rings. The molecular weight excluding hydrogens is 321 g/mol. The van der Waals surface area contributed by atoms with E-state index in [1.165, 1.54) is 23.3 Å². The molecule has 0 saturated heterocycles. The van der Waals surface area contributed by atoms with Gasteiger partial charge in [-0.3, -0.25) is 4.79 Å². The van der Waals surface area contributed by atoms with E-state index in [9.17, 15) is 9.18 Å². The first-order valence-corrected chi connectivity index (χ1v) is 7.25. The predicted octanol–water partition coefficient (Wildman–Crippen LogP) is 3.49. The number of hydrogen-bond acceptors (Lipinski definition) is 1. The Hall–Kier alpha value is -1.68. The van der Waals surface area contributed by atoms with Gasteiger partial charge < -0.3 is 5.32 Å². The molecule has 1 amide bonds. The molecule has 0 atom stereocenters. The standard InChI is InChI=1S/C16H13BrFNO/c17-12-5-6-15(18)14(9-12)16(20)19-13-7-10-3-1-2-4-11(10)8-13/h1-6,9,13H,7-8H2,(H,19,20). The van der Waals surface area contributed by atoms with E-state index in [1.807, 2.05) is 12.1 Å². The van der Waals surface area contributed by atoms with Gasteiger partial charge in [0, 0.05) is 10.5 Å². The summed E-state index contributed by atoms with van der Waals surface area (Å²) in [7, 11) is 0. The first-order valence-electron chi connectivity index (χ1n) is 6.46. The van der Waals surface area contributed by atoms with Crippen LogP contribution in [-0.4, -0.2) is 11.9 Å². The third-order valence-corrected chi connectivity index (χ3v) is 4.05. The van der Waals surface area contributed by atoms with Crippen molar-refractivity contribution in [3.05, 3.63) is 69.4 Å². The summed E-state index contributed by atoms with van der Waals surface area (Å²) in [6.07, 6.45) is 1.61. The molecule has 3 rings (SSSR count). The lowest BCUT2D eigenvalue weighted by molar-refractivity contribution is 0.0934. The lowest BCUT2D eigenvalue weighted by Crippen LogP contribution is -2.35. The summed E-state index contributed by atoms with van der Waals surface area (Å²) in [6.45, 7) is 0. The Morgan fingerprint density at radius 1 is 1.15 bits per heavy atom. The molecule has 0 aromatic heterocycles. The maximum absolute atomic E-state index is 13.7. The normalized spacial score (nSPS) is 14.1. The summed E-state index contributed by atoms with van der Waals surface area (Å²) < 4.78 is 14.4. The molecule has 102 valence electrons.